The Morgan fingerprint density at radius 2 is 2.21 bits per heavy atom. The number of alkyl halides is 3. The van der Waals surface area contributed by atoms with Gasteiger partial charge in [-0.25, -0.2) is 4.79 Å². The summed E-state index contributed by atoms with van der Waals surface area (Å²) in [6.45, 7) is -0.475. The van der Waals surface area contributed by atoms with Crippen LogP contribution in [0.2, 0.25) is 0 Å². The van der Waals surface area contributed by atoms with Crippen molar-refractivity contribution in [1.82, 2.24) is 15.0 Å². The average molecular weight is 209 g/mol. The van der Waals surface area contributed by atoms with Crippen LogP contribution in [0.5, 0.6) is 0 Å². The number of hydrogen-bond donors (Lipinski definition) is 1. The zero-order valence-electron chi connectivity index (χ0n) is 6.82. The van der Waals surface area contributed by atoms with Gasteiger partial charge >= 0.3 is 12.1 Å². The highest BCUT2D eigenvalue weighted by molar-refractivity contribution is 5.84. The van der Waals surface area contributed by atoms with Crippen molar-refractivity contribution in [3.8, 4) is 0 Å². The van der Waals surface area contributed by atoms with E-state index in [1.54, 1.807) is 0 Å². The molecule has 1 rings (SSSR count). The quantitative estimate of drug-likeness (QED) is 0.803. The molecule has 0 spiro atoms. The number of aromatic carboxylic acids is 1. The Bertz CT molecular complexity index is 333. The molecule has 14 heavy (non-hydrogen) atoms. The molecule has 0 radical (unpaired) electrons. The van der Waals surface area contributed by atoms with Crippen molar-refractivity contribution < 1.29 is 23.1 Å². The van der Waals surface area contributed by atoms with E-state index in [4.69, 9.17) is 5.11 Å². The molecule has 5 nitrogen and oxygen atoms in total. The molecule has 0 amide bonds. The van der Waals surface area contributed by atoms with Crippen LogP contribution in [0.3, 0.4) is 0 Å². The monoisotopic (exact) mass is 209 g/mol. The first kappa shape index (κ1) is 10.5. The molecule has 0 fully saturated rings. The van der Waals surface area contributed by atoms with Gasteiger partial charge in [-0.2, -0.15) is 23.1 Å². The van der Waals surface area contributed by atoms with Crippen LogP contribution in [0.15, 0.2) is 6.20 Å². The first-order valence-electron chi connectivity index (χ1n) is 3.58. The van der Waals surface area contributed by atoms with Gasteiger partial charge < -0.3 is 5.11 Å². The van der Waals surface area contributed by atoms with Crippen LogP contribution in [0.1, 0.15) is 16.9 Å². The lowest BCUT2D eigenvalue weighted by atomic mass is 10.4. The highest BCUT2D eigenvalue weighted by Gasteiger charge is 2.27. The topological polar surface area (TPSA) is 68.0 Å². The Hall–Kier alpha value is -1.60. The fraction of sp³-hybridized carbons (Fsp3) is 0.500. The summed E-state index contributed by atoms with van der Waals surface area (Å²) in [5, 5.41) is 15.1. The van der Waals surface area contributed by atoms with Gasteiger partial charge in [0.25, 0.3) is 0 Å². The maximum atomic E-state index is 11.7. The fourth-order valence-electron chi connectivity index (χ4n) is 0.730. The minimum Gasteiger partial charge on any atom is -0.476 e. The van der Waals surface area contributed by atoms with E-state index in [-0.39, 0.29) is 5.69 Å². The van der Waals surface area contributed by atoms with Gasteiger partial charge in [-0.05, 0) is 0 Å². The van der Waals surface area contributed by atoms with Crippen molar-refractivity contribution in [2.24, 2.45) is 0 Å². The highest BCUT2D eigenvalue weighted by Crippen LogP contribution is 2.19. The van der Waals surface area contributed by atoms with Crippen LogP contribution in [0, 0.1) is 0 Å². The molecule has 0 aliphatic carbocycles. The van der Waals surface area contributed by atoms with E-state index < -0.39 is 25.1 Å². The molecule has 1 aromatic heterocycles. The van der Waals surface area contributed by atoms with Crippen LogP contribution >= 0.6 is 0 Å². The summed E-state index contributed by atoms with van der Waals surface area (Å²) in [6, 6.07) is 0. The van der Waals surface area contributed by atoms with Crippen molar-refractivity contribution in [3.63, 3.8) is 0 Å². The van der Waals surface area contributed by atoms with Gasteiger partial charge in [0, 0.05) is 0 Å². The van der Waals surface area contributed by atoms with Crippen molar-refractivity contribution >= 4 is 5.97 Å². The number of carbonyl (C=O) groups is 1. The molecule has 1 aromatic rings. The van der Waals surface area contributed by atoms with Crippen molar-refractivity contribution in [3.05, 3.63) is 11.9 Å². The largest absolute Gasteiger partial charge is 0.476 e. The van der Waals surface area contributed by atoms with Crippen LogP contribution in [0.4, 0.5) is 13.2 Å². The third kappa shape index (κ3) is 3.04. The van der Waals surface area contributed by atoms with E-state index in [1.165, 1.54) is 0 Å². The zero-order chi connectivity index (χ0) is 10.8. The maximum absolute atomic E-state index is 11.7. The molecule has 1 heterocycles. The number of carboxylic acids is 1. The summed E-state index contributed by atoms with van der Waals surface area (Å²) < 4.78 is 35.2. The molecule has 0 atom stereocenters. The molecule has 0 aromatic carbocycles. The predicted octanol–water partition coefficient (Wildman–Crippen LogP) is 0.929. The minimum atomic E-state index is -4.29. The summed E-state index contributed by atoms with van der Waals surface area (Å²) in [5.74, 6) is -1.32. The Balaban J connectivity index is 2.56. The predicted molar refractivity (Wildman–Crippen MR) is 37.7 cm³/mol. The number of nitrogens with zero attached hydrogens (tertiary/aromatic N) is 3. The van der Waals surface area contributed by atoms with Gasteiger partial charge in [0.2, 0.25) is 0 Å². The molecule has 0 unspecified atom stereocenters. The molecular formula is C6H6F3N3O2. The van der Waals surface area contributed by atoms with E-state index >= 15 is 0 Å². The van der Waals surface area contributed by atoms with E-state index in [0.29, 0.717) is 4.80 Å². The molecule has 0 aliphatic rings. The fourth-order valence-corrected chi connectivity index (χ4v) is 0.730. The van der Waals surface area contributed by atoms with Gasteiger partial charge in [-0.3, -0.25) is 0 Å². The number of rotatable bonds is 3. The number of halogens is 3. The Morgan fingerprint density at radius 3 is 2.64 bits per heavy atom. The van der Waals surface area contributed by atoms with Gasteiger partial charge in [-0.1, -0.05) is 0 Å². The van der Waals surface area contributed by atoms with E-state index in [9.17, 15) is 18.0 Å². The lowest BCUT2D eigenvalue weighted by Gasteiger charge is -2.04. The summed E-state index contributed by atoms with van der Waals surface area (Å²) in [4.78, 5) is 11.0. The molecular weight excluding hydrogens is 203 g/mol. The lowest BCUT2D eigenvalue weighted by Crippen LogP contribution is -2.14. The van der Waals surface area contributed by atoms with Gasteiger partial charge in [0.05, 0.1) is 19.2 Å². The first-order valence-corrected chi connectivity index (χ1v) is 3.58. The van der Waals surface area contributed by atoms with E-state index in [2.05, 4.69) is 10.2 Å². The minimum absolute atomic E-state index is 0.368. The highest BCUT2D eigenvalue weighted by atomic mass is 19.4. The average Bonchev–Trinajstić information content (AvgIpc) is 2.47. The summed E-state index contributed by atoms with van der Waals surface area (Å²) >= 11 is 0. The van der Waals surface area contributed by atoms with Crippen LogP contribution in [0.25, 0.3) is 0 Å². The lowest BCUT2D eigenvalue weighted by molar-refractivity contribution is -0.137. The van der Waals surface area contributed by atoms with Crippen molar-refractivity contribution in [2.75, 3.05) is 0 Å². The molecule has 0 saturated heterocycles. The van der Waals surface area contributed by atoms with Gasteiger partial charge in [0.15, 0.2) is 5.69 Å². The van der Waals surface area contributed by atoms with Crippen molar-refractivity contribution in [2.45, 2.75) is 19.1 Å². The first-order chi connectivity index (χ1) is 6.38. The Labute approximate surface area is 76.1 Å². The SMILES string of the molecule is O=C(O)c1cnn(CCC(F)(F)F)n1. The summed E-state index contributed by atoms with van der Waals surface area (Å²) in [6.07, 6.45) is -4.48. The second-order valence-corrected chi connectivity index (χ2v) is 2.50. The third-order valence-electron chi connectivity index (χ3n) is 1.35. The van der Waals surface area contributed by atoms with Crippen molar-refractivity contribution in [1.29, 1.82) is 0 Å². The van der Waals surface area contributed by atoms with Gasteiger partial charge in [-0.15, -0.1) is 5.10 Å². The van der Waals surface area contributed by atoms with E-state index in [0.717, 1.165) is 6.20 Å². The van der Waals surface area contributed by atoms with Crippen LogP contribution in [-0.2, 0) is 6.54 Å². The number of aromatic nitrogens is 3. The molecule has 8 heteroatoms. The second kappa shape index (κ2) is 3.64. The summed E-state index contributed by atoms with van der Waals surface area (Å²) in [5.41, 5.74) is -0.368. The van der Waals surface area contributed by atoms with Crippen LogP contribution in [-0.4, -0.2) is 32.2 Å². The molecule has 0 saturated carbocycles. The summed E-state index contributed by atoms with van der Waals surface area (Å²) in [7, 11) is 0. The van der Waals surface area contributed by atoms with E-state index in [1.807, 2.05) is 0 Å². The van der Waals surface area contributed by atoms with Gasteiger partial charge in [0.1, 0.15) is 0 Å². The number of hydrogen-bond acceptors (Lipinski definition) is 3. The second-order valence-electron chi connectivity index (χ2n) is 2.50. The molecule has 78 valence electrons. The normalized spacial score (nSPS) is 11.6. The zero-order valence-corrected chi connectivity index (χ0v) is 6.82. The maximum Gasteiger partial charge on any atom is 0.390 e. The Kier molecular flexibility index (Phi) is 2.73. The Morgan fingerprint density at radius 1 is 1.57 bits per heavy atom. The molecule has 0 aliphatic heterocycles. The third-order valence-corrected chi connectivity index (χ3v) is 1.35. The molecule has 1 N–H and O–H groups in total. The molecule has 0 bridgehead atoms. The number of carboxylic acid groups (broad SMARTS) is 1. The number of aryl methyl sites for hydroxylation is 1. The smallest absolute Gasteiger partial charge is 0.390 e. The van der Waals surface area contributed by atoms with Crippen LogP contribution < -0.4 is 0 Å². The standard InChI is InChI=1S/C6H6F3N3O2/c7-6(8,9)1-2-12-10-3-4(11-12)5(13)14/h3H,1-2H2,(H,13,14).